The second kappa shape index (κ2) is 5.95. The maximum Gasteiger partial charge on any atom is 0.311 e. The molecule has 0 aliphatic rings. The van der Waals surface area contributed by atoms with Gasteiger partial charge in [0.25, 0.3) is 5.91 Å². The van der Waals surface area contributed by atoms with Crippen LogP contribution in [0, 0.1) is 16.1 Å². The zero-order valence-corrected chi connectivity index (χ0v) is 10.9. The summed E-state index contributed by atoms with van der Waals surface area (Å²) in [6.07, 6.45) is 1.14. The van der Waals surface area contributed by atoms with Crippen LogP contribution in [0.2, 0.25) is 0 Å². The molecule has 8 heteroatoms. The fraction of sp³-hybridized carbons (Fsp3) is 0.0769. The van der Waals surface area contributed by atoms with Crippen LogP contribution in [0.4, 0.5) is 15.8 Å². The van der Waals surface area contributed by atoms with Crippen molar-refractivity contribution < 1.29 is 18.8 Å². The van der Waals surface area contributed by atoms with Gasteiger partial charge in [0.1, 0.15) is 0 Å². The van der Waals surface area contributed by atoms with Gasteiger partial charge in [-0.3, -0.25) is 14.9 Å². The maximum atomic E-state index is 12.7. The number of benzene rings is 1. The molecule has 2 aromatic rings. The summed E-state index contributed by atoms with van der Waals surface area (Å²) in [5.41, 5.74) is 0.0362. The van der Waals surface area contributed by atoms with Gasteiger partial charge in [0.05, 0.1) is 23.9 Å². The van der Waals surface area contributed by atoms with E-state index < -0.39 is 16.8 Å². The molecule has 1 N–H and O–H groups in total. The first-order valence-electron chi connectivity index (χ1n) is 5.76. The van der Waals surface area contributed by atoms with Crippen LogP contribution in [-0.2, 0) is 0 Å². The van der Waals surface area contributed by atoms with Gasteiger partial charge in [-0.1, -0.05) is 0 Å². The zero-order chi connectivity index (χ0) is 15.4. The standard InChI is InChI=1S/C13H10FN3O4/c1-21-11-4-2-8(6-10(11)17(19)20)13(18)16-9-3-5-12(14)15-7-9/h2-7H,1H3,(H,16,18). The lowest BCUT2D eigenvalue weighted by Crippen LogP contribution is -2.12. The molecule has 21 heavy (non-hydrogen) atoms. The number of rotatable bonds is 4. The minimum Gasteiger partial charge on any atom is -0.490 e. The third-order valence-corrected chi connectivity index (χ3v) is 2.62. The Hall–Kier alpha value is -3.03. The van der Waals surface area contributed by atoms with Gasteiger partial charge in [-0.15, -0.1) is 0 Å². The van der Waals surface area contributed by atoms with Crippen LogP contribution in [0.15, 0.2) is 36.5 Å². The molecule has 0 fully saturated rings. The molecule has 0 bridgehead atoms. The van der Waals surface area contributed by atoms with E-state index in [1.807, 2.05) is 0 Å². The van der Waals surface area contributed by atoms with Gasteiger partial charge >= 0.3 is 5.69 Å². The number of methoxy groups -OCH3 is 1. The summed E-state index contributed by atoms with van der Waals surface area (Å²) in [5.74, 6) is -1.19. The van der Waals surface area contributed by atoms with E-state index in [-0.39, 0.29) is 22.7 Å². The van der Waals surface area contributed by atoms with Crippen molar-refractivity contribution in [3.63, 3.8) is 0 Å². The highest BCUT2D eigenvalue weighted by Crippen LogP contribution is 2.27. The molecule has 0 spiro atoms. The monoisotopic (exact) mass is 291 g/mol. The first-order chi connectivity index (χ1) is 10.0. The number of pyridine rings is 1. The van der Waals surface area contributed by atoms with Crippen molar-refractivity contribution in [1.82, 2.24) is 4.98 Å². The summed E-state index contributed by atoms with van der Waals surface area (Å²) >= 11 is 0. The Morgan fingerprint density at radius 1 is 1.38 bits per heavy atom. The number of hydrogen-bond donors (Lipinski definition) is 1. The van der Waals surface area contributed by atoms with E-state index >= 15 is 0 Å². The molecule has 0 saturated carbocycles. The third-order valence-electron chi connectivity index (χ3n) is 2.62. The summed E-state index contributed by atoms with van der Waals surface area (Å²) in [4.78, 5) is 25.6. The van der Waals surface area contributed by atoms with Crippen LogP contribution in [0.5, 0.6) is 5.75 Å². The van der Waals surface area contributed by atoms with Gasteiger partial charge in [-0.25, -0.2) is 4.98 Å². The molecule has 0 unspecified atom stereocenters. The van der Waals surface area contributed by atoms with Gasteiger partial charge in [-0.2, -0.15) is 4.39 Å². The van der Waals surface area contributed by atoms with E-state index in [1.54, 1.807) is 0 Å². The van der Waals surface area contributed by atoms with Crippen molar-refractivity contribution in [1.29, 1.82) is 0 Å². The number of halogens is 1. The van der Waals surface area contributed by atoms with Crippen molar-refractivity contribution >= 4 is 17.3 Å². The van der Waals surface area contributed by atoms with Crippen LogP contribution < -0.4 is 10.1 Å². The predicted molar refractivity (Wildman–Crippen MR) is 71.8 cm³/mol. The Labute approximate surface area is 118 Å². The predicted octanol–water partition coefficient (Wildman–Crippen LogP) is 2.39. The molecule has 1 aromatic heterocycles. The van der Waals surface area contributed by atoms with Crippen molar-refractivity contribution in [3.8, 4) is 5.75 Å². The van der Waals surface area contributed by atoms with Crippen molar-refractivity contribution in [2.45, 2.75) is 0 Å². The molecule has 0 atom stereocenters. The number of hydrogen-bond acceptors (Lipinski definition) is 5. The number of carbonyl (C=O) groups is 1. The Balaban J connectivity index is 2.25. The summed E-state index contributed by atoms with van der Waals surface area (Å²) in [7, 11) is 1.30. The highest BCUT2D eigenvalue weighted by atomic mass is 19.1. The van der Waals surface area contributed by atoms with Crippen LogP contribution in [0.3, 0.4) is 0 Å². The van der Waals surface area contributed by atoms with Gasteiger partial charge in [0.15, 0.2) is 5.75 Å². The number of ether oxygens (including phenoxy) is 1. The Bertz CT molecular complexity index is 688. The topological polar surface area (TPSA) is 94.4 Å². The number of amides is 1. The number of nitro benzene ring substituents is 1. The second-order valence-corrected chi connectivity index (χ2v) is 3.97. The van der Waals surface area contributed by atoms with E-state index in [0.29, 0.717) is 0 Å². The minimum atomic E-state index is -0.673. The largest absolute Gasteiger partial charge is 0.490 e. The second-order valence-electron chi connectivity index (χ2n) is 3.97. The van der Waals surface area contributed by atoms with E-state index in [4.69, 9.17) is 4.74 Å². The fourth-order valence-electron chi connectivity index (χ4n) is 1.63. The summed E-state index contributed by atoms with van der Waals surface area (Å²) in [6.45, 7) is 0. The molecule has 0 aliphatic carbocycles. The Morgan fingerprint density at radius 2 is 2.14 bits per heavy atom. The number of nitrogens with one attached hydrogen (secondary N) is 1. The molecule has 2 rings (SSSR count). The maximum absolute atomic E-state index is 12.7. The molecule has 1 aromatic carbocycles. The molecule has 1 heterocycles. The van der Waals surface area contributed by atoms with Gasteiger partial charge in [0, 0.05) is 11.6 Å². The lowest BCUT2D eigenvalue weighted by atomic mass is 10.1. The first kappa shape index (κ1) is 14.4. The van der Waals surface area contributed by atoms with Crippen LogP contribution in [-0.4, -0.2) is 22.9 Å². The van der Waals surface area contributed by atoms with Crippen molar-refractivity contribution in [3.05, 3.63) is 58.2 Å². The fourth-order valence-corrected chi connectivity index (χ4v) is 1.63. The molecular weight excluding hydrogens is 281 g/mol. The van der Waals surface area contributed by atoms with Crippen molar-refractivity contribution in [2.75, 3.05) is 12.4 Å². The number of nitrogens with zero attached hydrogens (tertiary/aromatic N) is 2. The molecule has 0 aliphatic heterocycles. The number of nitro groups is 1. The normalized spacial score (nSPS) is 10.0. The highest BCUT2D eigenvalue weighted by Gasteiger charge is 2.18. The highest BCUT2D eigenvalue weighted by molar-refractivity contribution is 6.04. The molecule has 0 saturated heterocycles. The number of anilines is 1. The molecule has 1 amide bonds. The number of carbonyl (C=O) groups excluding carboxylic acids is 1. The quantitative estimate of drug-likeness (QED) is 0.530. The van der Waals surface area contributed by atoms with Crippen LogP contribution in [0.1, 0.15) is 10.4 Å². The molecule has 0 radical (unpaired) electrons. The lowest BCUT2D eigenvalue weighted by Gasteiger charge is -2.06. The molecule has 7 nitrogen and oxygen atoms in total. The average molecular weight is 291 g/mol. The van der Waals surface area contributed by atoms with E-state index in [9.17, 15) is 19.3 Å². The molecule has 108 valence electrons. The summed E-state index contributed by atoms with van der Waals surface area (Å²) in [5, 5.41) is 13.4. The minimum absolute atomic E-state index is 0.0556. The van der Waals surface area contributed by atoms with Gasteiger partial charge in [0.2, 0.25) is 5.95 Å². The van der Waals surface area contributed by atoms with E-state index in [2.05, 4.69) is 10.3 Å². The third kappa shape index (κ3) is 3.30. The number of aromatic nitrogens is 1. The van der Waals surface area contributed by atoms with Crippen molar-refractivity contribution in [2.24, 2.45) is 0 Å². The summed E-state index contributed by atoms with van der Waals surface area (Å²) < 4.78 is 17.5. The lowest BCUT2D eigenvalue weighted by molar-refractivity contribution is -0.385. The van der Waals surface area contributed by atoms with E-state index in [0.717, 1.165) is 18.3 Å². The molecular formula is C13H10FN3O4. The van der Waals surface area contributed by atoms with Crippen LogP contribution in [0.25, 0.3) is 0 Å². The average Bonchev–Trinajstić information content (AvgIpc) is 2.48. The van der Waals surface area contributed by atoms with Gasteiger partial charge in [-0.05, 0) is 24.3 Å². The zero-order valence-electron chi connectivity index (χ0n) is 10.9. The Morgan fingerprint density at radius 3 is 2.71 bits per heavy atom. The smallest absolute Gasteiger partial charge is 0.311 e. The Kier molecular flexibility index (Phi) is 4.07. The van der Waals surface area contributed by atoms with E-state index in [1.165, 1.54) is 25.3 Å². The first-order valence-corrected chi connectivity index (χ1v) is 5.76. The van der Waals surface area contributed by atoms with Crippen LogP contribution >= 0.6 is 0 Å². The summed E-state index contributed by atoms with van der Waals surface area (Å²) in [6, 6.07) is 6.24. The van der Waals surface area contributed by atoms with Gasteiger partial charge < -0.3 is 10.1 Å². The SMILES string of the molecule is COc1ccc(C(=O)Nc2ccc(F)nc2)cc1[N+](=O)[O-].